The van der Waals surface area contributed by atoms with Crippen molar-refractivity contribution >= 4 is 15.9 Å². The molecule has 0 aliphatic carbocycles. The molecule has 0 saturated carbocycles. The monoisotopic (exact) mass is 270 g/mol. The smallest absolute Gasteiger partial charge is 0.126 e. The molecule has 0 radical (unpaired) electrons. The van der Waals surface area contributed by atoms with E-state index in [0.29, 0.717) is 13.2 Å². The number of rotatable bonds is 2. The van der Waals surface area contributed by atoms with Gasteiger partial charge in [0.15, 0.2) is 0 Å². The van der Waals surface area contributed by atoms with Crippen LogP contribution >= 0.6 is 15.9 Å². The molecule has 1 saturated heterocycles. The van der Waals surface area contributed by atoms with E-state index in [0.717, 1.165) is 5.75 Å². The lowest BCUT2D eigenvalue weighted by molar-refractivity contribution is -0.00794. The van der Waals surface area contributed by atoms with E-state index in [1.54, 1.807) is 7.11 Å². The summed E-state index contributed by atoms with van der Waals surface area (Å²) in [6.45, 7) is 5.61. The van der Waals surface area contributed by atoms with Gasteiger partial charge in [-0.05, 0) is 19.4 Å². The van der Waals surface area contributed by atoms with Crippen LogP contribution in [0.15, 0.2) is 12.1 Å². The predicted octanol–water partition coefficient (Wildman–Crippen LogP) is 2.93. The largest absolute Gasteiger partial charge is 0.496 e. The van der Waals surface area contributed by atoms with Crippen molar-refractivity contribution in [2.24, 2.45) is 0 Å². The van der Waals surface area contributed by atoms with Gasteiger partial charge in [0.2, 0.25) is 0 Å². The minimum absolute atomic E-state index is 0.0465. The van der Waals surface area contributed by atoms with Gasteiger partial charge in [-0.25, -0.2) is 0 Å². The number of ether oxygens (including phenoxy) is 2. The number of benzene rings is 1. The molecule has 2 rings (SSSR count). The van der Waals surface area contributed by atoms with Gasteiger partial charge in [0.05, 0.1) is 20.3 Å². The number of hydrogen-bond acceptors (Lipinski definition) is 2. The summed E-state index contributed by atoms with van der Waals surface area (Å²) in [5, 5.41) is 0. The van der Waals surface area contributed by atoms with Gasteiger partial charge >= 0.3 is 0 Å². The lowest BCUT2D eigenvalue weighted by Gasteiger charge is -2.37. The fourth-order valence-corrected chi connectivity index (χ4v) is 2.61. The lowest BCUT2D eigenvalue weighted by atomic mass is 9.92. The quantitative estimate of drug-likeness (QED) is 0.770. The molecule has 0 atom stereocenters. The molecule has 1 aromatic rings. The normalized spacial score (nSPS) is 18.4. The number of methoxy groups -OCH3 is 1. The molecular weight excluding hydrogens is 256 g/mol. The summed E-state index contributed by atoms with van der Waals surface area (Å²) >= 11 is 3.73. The zero-order valence-corrected chi connectivity index (χ0v) is 10.8. The number of aryl methyl sites for hydroxylation is 2. The average Bonchev–Trinajstić information content (AvgIpc) is 2.13. The molecule has 2 nitrogen and oxygen atoms in total. The Kier molecular flexibility index (Phi) is 2.77. The Hall–Kier alpha value is -0.540. The van der Waals surface area contributed by atoms with Crippen molar-refractivity contribution in [1.82, 2.24) is 0 Å². The van der Waals surface area contributed by atoms with Crippen molar-refractivity contribution < 1.29 is 9.47 Å². The first-order valence-corrected chi connectivity index (χ1v) is 5.78. The van der Waals surface area contributed by atoms with Crippen LogP contribution in [0.4, 0.5) is 0 Å². The molecule has 15 heavy (non-hydrogen) atoms. The van der Waals surface area contributed by atoms with Gasteiger partial charge in [-0.15, -0.1) is 0 Å². The van der Waals surface area contributed by atoms with Crippen molar-refractivity contribution in [3.05, 3.63) is 28.8 Å². The van der Waals surface area contributed by atoms with Crippen LogP contribution in [0, 0.1) is 13.8 Å². The first kappa shape index (κ1) is 11.0. The summed E-state index contributed by atoms with van der Waals surface area (Å²) in [4.78, 5) is 0. The van der Waals surface area contributed by atoms with Gasteiger partial charge in [0.1, 0.15) is 10.1 Å². The highest BCUT2D eigenvalue weighted by Gasteiger charge is 2.40. The Morgan fingerprint density at radius 1 is 1.33 bits per heavy atom. The molecule has 0 N–H and O–H groups in total. The molecule has 0 bridgehead atoms. The Bertz CT molecular complexity index is 383. The minimum atomic E-state index is -0.0465. The third-order valence-corrected chi connectivity index (χ3v) is 3.65. The third-order valence-electron chi connectivity index (χ3n) is 2.77. The summed E-state index contributed by atoms with van der Waals surface area (Å²) in [6.07, 6.45) is 0. The summed E-state index contributed by atoms with van der Waals surface area (Å²) in [5.74, 6) is 0.973. The second kappa shape index (κ2) is 3.80. The minimum Gasteiger partial charge on any atom is -0.496 e. The molecule has 0 aromatic heterocycles. The molecular formula is C12H15BrO2. The highest BCUT2D eigenvalue weighted by atomic mass is 79.9. The van der Waals surface area contributed by atoms with Gasteiger partial charge in [-0.2, -0.15) is 0 Å². The zero-order valence-electron chi connectivity index (χ0n) is 9.26. The molecule has 82 valence electrons. The van der Waals surface area contributed by atoms with E-state index in [2.05, 4.69) is 41.9 Å². The van der Waals surface area contributed by atoms with Crippen molar-refractivity contribution in [1.29, 1.82) is 0 Å². The fraction of sp³-hybridized carbons (Fsp3) is 0.500. The Morgan fingerprint density at radius 3 is 2.47 bits per heavy atom. The molecule has 0 unspecified atom stereocenters. The number of halogens is 1. The van der Waals surface area contributed by atoms with Crippen molar-refractivity contribution in [3.63, 3.8) is 0 Å². The predicted molar refractivity (Wildman–Crippen MR) is 63.9 cm³/mol. The molecule has 1 heterocycles. The summed E-state index contributed by atoms with van der Waals surface area (Å²) < 4.78 is 10.7. The maximum Gasteiger partial charge on any atom is 0.126 e. The van der Waals surface area contributed by atoms with Crippen LogP contribution < -0.4 is 4.74 Å². The van der Waals surface area contributed by atoms with Crippen LogP contribution in [-0.2, 0) is 9.06 Å². The SMILES string of the molecule is COc1c(C)cc(C)cc1C1(Br)COC1. The lowest BCUT2D eigenvalue weighted by Crippen LogP contribution is -2.41. The van der Waals surface area contributed by atoms with Crippen LogP contribution in [0.1, 0.15) is 16.7 Å². The molecule has 0 amide bonds. The topological polar surface area (TPSA) is 18.5 Å². The van der Waals surface area contributed by atoms with E-state index in [9.17, 15) is 0 Å². The Labute approximate surface area is 98.7 Å². The van der Waals surface area contributed by atoms with Crippen LogP contribution in [-0.4, -0.2) is 20.3 Å². The van der Waals surface area contributed by atoms with Crippen molar-refractivity contribution in [2.45, 2.75) is 18.2 Å². The molecule has 3 heteroatoms. The summed E-state index contributed by atoms with van der Waals surface area (Å²) in [7, 11) is 1.72. The van der Waals surface area contributed by atoms with Crippen LogP contribution in [0.25, 0.3) is 0 Å². The summed E-state index contributed by atoms with van der Waals surface area (Å²) in [6, 6.07) is 4.31. The third kappa shape index (κ3) is 1.79. The van der Waals surface area contributed by atoms with E-state index < -0.39 is 0 Å². The van der Waals surface area contributed by atoms with Gasteiger partial charge in [0, 0.05) is 5.56 Å². The molecule has 1 aliphatic rings. The van der Waals surface area contributed by atoms with E-state index in [-0.39, 0.29) is 4.32 Å². The number of alkyl halides is 1. The van der Waals surface area contributed by atoms with Crippen LogP contribution in [0.3, 0.4) is 0 Å². The van der Waals surface area contributed by atoms with Gasteiger partial charge in [-0.1, -0.05) is 33.6 Å². The first-order valence-electron chi connectivity index (χ1n) is 4.99. The zero-order chi connectivity index (χ0) is 11.1. The van der Waals surface area contributed by atoms with Crippen molar-refractivity contribution in [3.8, 4) is 5.75 Å². The molecule has 1 aliphatic heterocycles. The van der Waals surface area contributed by atoms with Crippen molar-refractivity contribution in [2.75, 3.05) is 20.3 Å². The first-order chi connectivity index (χ1) is 7.07. The van der Waals surface area contributed by atoms with E-state index in [4.69, 9.17) is 9.47 Å². The van der Waals surface area contributed by atoms with Gasteiger partial charge < -0.3 is 9.47 Å². The Balaban J connectivity index is 2.53. The fourth-order valence-electron chi connectivity index (χ4n) is 1.99. The maximum atomic E-state index is 5.47. The van der Waals surface area contributed by atoms with E-state index >= 15 is 0 Å². The summed E-state index contributed by atoms with van der Waals surface area (Å²) in [5.41, 5.74) is 3.64. The van der Waals surface area contributed by atoms with E-state index in [1.807, 2.05) is 0 Å². The highest BCUT2D eigenvalue weighted by molar-refractivity contribution is 9.09. The number of hydrogen-bond donors (Lipinski definition) is 0. The van der Waals surface area contributed by atoms with Crippen LogP contribution in [0.2, 0.25) is 0 Å². The van der Waals surface area contributed by atoms with Gasteiger partial charge in [0.25, 0.3) is 0 Å². The van der Waals surface area contributed by atoms with Crippen LogP contribution in [0.5, 0.6) is 5.75 Å². The molecule has 0 spiro atoms. The second-order valence-electron chi connectivity index (χ2n) is 4.12. The average molecular weight is 271 g/mol. The maximum absolute atomic E-state index is 5.47. The standard InChI is InChI=1S/C12H15BrO2/c1-8-4-9(2)11(14-3)10(5-8)12(13)6-15-7-12/h4-5H,6-7H2,1-3H3. The molecule has 1 aromatic carbocycles. The van der Waals surface area contributed by atoms with E-state index in [1.165, 1.54) is 16.7 Å². The van der Waals surface area contributed by atoms with Gasteiger partial charge in [-0.3, -0.25) is 0 Å². The Morgan fingerprint density at radius 2 is 2.00 bits per heavy atom. The second-order valence-corrected chi connectivity index (χ2v) is 5.64. The highest BCUT2D eigenvalue weighted by Crippen LogP contribution is 2.44. The molecule has 1 fully saturated rings.